The maximum absolute atomic E-state index is 13.7. The average molecular weight is 316 g/mol. The SMILES string of the molecule is CCc1nccn1CCN1CCN(Cc2ccccc2F)CC1. The lowest BCUT2D eigenvalue weighted by atomic mass is 10.2. The second-order valence-corrected chi connectivity index (χ2v) is 6.10. The summed E-state index contributed by atoms with van der Waals surface area (Å²) in [4.78, 5) is 9.19. The van der Waals surface area contributed by atoms with E-state index in [-0.39, 0.29) is 5.82 Å². The normalized spacial score (nSPS) is 16.8. The number of hydrogen-bond acceptors (Lipinski definition) is 3. The quantitative estimate of drug-likeness (QED) is 0.818. The first kappa shape index (κ1) is 16.1. The second-order valence-electron chi connectivity index (χ2n) is 6.10. The van der Waals surface area contributed by atoms with Gasteiger partial charge in [0.05, 0.1) is 0 Å². The van der Waals surface area contributed by atoms with E-state index in [4.69, 9.17) is 0 Å². The van der Waals surface area contributed by atoms with Crippen molar-refractivity contribution in [3.8, 4) is 0 Å². The van der Waals surface area contributed by atoms with Crippen LogP contribution in [-0.2, 0) is 19.5 Å². The van der Waals surface area contributed by atoms with Gasteiger partial charge in [-0.25, -0.2) is 9.37 Å². The molecule has 0 amide bonds. The van der Waals surface area contributed by atoms with E-state index in [1.807, 2.05) is 18.3 Å². The van der Waals surface area contributed by atoms with E-state index in [0.717, 1.165) is 57.1 Å². The zero-order valence-corrected chi connectivity index (χ0v) is 13.8. The van der Waals surface area contributed by atoms with Crippen molar-refractivity contribution in [3.05, 3.63) is 53.9 Å². The highest BCUT2D eigenvalue weighted by Crippen LogP contribution is 2.12. The smallest absolute Gasteiger partial charge is 0.127 e. The van der Waals surface area contributed by atoms with Gasteiger partial charge in [-0.2, -0.15) is 0 Å². The highest BCUT2D eigenvalue weighted by Gasteiger charge is 2.17. The molecule has 0 unspecified atom stereocenters. The van der Waals surface area contributed by atoms with Gasteiger partial charge in [0.25, 0.3) is 0 Å². The van der Waals surface area contributed by atoms with Crippen LogP contribution in [0.2, 0.25) is 0 Å². The molecule has 0 radical (unpaired) electrons. The van der Waals surface area contributed by atoms with E-state index in [2.05, 4.69) is 32.5 Å². The predicted octanol–water partition coefficient (Wildman–Crippen LogP) is 2.40. The number of hydrogen-bond donors (Lipinski definition) is 0. The maximum Gasteiger partial charge on any atom is 0.127 e. The van der Waals surface area contributed by atoms with Crippen molar-refractivity contribution in [1.29, 1.82) is 0 Å². The van der Waals surface area contributed by atoms with Gasteiger partial charge >= 0.3 is 0 Å². The molecule has 124 valence electrons. The lowest BCUT2D eigenvalue weighted by Crippen LogP contribution is -2.46. The van der Waals surface area contributed by atoms with Gasteiger partial charge in [0.2, 0.25) is 0 Å². The molecule has 0 aliphatic carbocycles. The minimum absolute atomic E-state index is 0.0952. The Morgan fingerprint density at radius 3 is 2.52 bits per heavy atom. The fourth-order valence-corrected chi connectivity index (χ4v) is 3.15. The predicted molar refractivity (Wildman–Crippen MR) is 89.7 cm³/mol. The standard InChI is InChI=1S/C18H25FN4/c1-2-18-20-7-8-23(18)14-13-21-9-11-22(12-10-21)15-16-5-3-4-6-17(16)19/h3-8H,2,9-15H2,1H3. The number of halogens is 1. The minimum Gasteiger partial charge on any atom is -0.334 e. The second kappa shape index (κ2) is 7.70. The van der Waals surface area contributed by atoms with Crippen LogP contribution in [0.3, 0.4) is 0 Å². The Balaban J connectivity index is 1.44. The fourth-order valence-electron chi connectivity index (χ4n) is 3.15. The molecular formula is C18H25FN4. The van der Waals surface area contributed by atoms with Crippen molar-refractivity contribution in [1.82, 2.24) is 19.4 Å². The third kappa shape index (κ3) is 4.18. The van der Waals surface area contributed by atoms with E-state index in [1.54, 1.807) is 12.1 Å². The third-order valence-corrected chi connectivity index (χ3v) is 4.59. The number of piperazine rings is 1. The molecule has 2 aromatic rings. The Kier molecular flexibility index (Phi) is 5.41. The Morgan fingerprint density at radius 1 is 1.04 bits per heavy atom. The number of rotatable bonds is 6. The molecule has 0 N–H and O–H groups in total. The van der Waals surface area contributed by atoms with Gasteiger partial charge in [0.15, 0.2) is 0 Å². The average Bonchev–Trinajstić information content (AvgIpc) is 3.04. The highest BCUT2D eigenvalue weighted by atomic mass is 19.1. The largest absolute Gasteiger partial charge is 0.334 e. The molecule has 0 atom stereocenters. The number of aryl methyl sites for hydroxylation is 1. The Bertz CT molecular complexity index is 617. The fraction of sp³-hybridized carbons (Fsp3) is 0.500. The molecule has 0 spiro atoms. The van der Waals surface area contributed by atoms with Gasteiger partial charge in [0.1, 0.15) is 11.6 Å². The summed E-state index contributed by atoms with van der Waals surface area (Å²) in [6.07, 6.45) is 4.92. The van der Waals surface area contributed by atoms with Crippen LogP contribution in [0.15, 0.2) is 36.7 Å². The Morgan fingerprint density at radius 2 is 1.78 bits per heavy atom. The van der Waals surface area contributed by atoms with Gasteiger partial charge in [-0.1, -0.05) is 25.1 Å². The highest BCUT2D eigenvalue weighted by molar-refractivity contribution is 5.17. The van der Waals surface area contributed by atoms with E-state index in [0.29, 0.717) is 6.54 Å². The topological polar surface area (TPSA) is 24.3 Å². The lowest BCUT2D eigenvalue weighted by molar-refractivity contribution is 0.123. The molecule has 0 bridgehead atoms. The molecule has 3 rings (SSSR count). The van der Waals surface area contributed by atoms with Crippen LogP contribution in [-0.4, -0.2) is 52.1 Å². The molecule has 1 aliphatic heterocycles. The molecule has 1 fully saturated rings. The van der Waals surface area contributed by atoms with Crippen LogP contribution < -0.4 is 0 Å². The van der Waals surface area contributed by atoms with Crippen molar-refractivity contribution < 1.29 is 4.39 Å². The Labute approximate surface area is 137 Å². The summed E-state index contributed by atoms with van der Waals surface area (Å²) in [6, 6.07) is 7.08. The van der Waals surface area contributed by atoms with Crippen LogP contribution in [0.4, 0.5) is 4.39 Å². The van der Waals surface area contributed by atoms with Crippen molar-refractivity contribution >= 4 is 0 Å². The van der Waals surface area contributed by atoms with Crippen molar-refractivity contribution in [2.24, 2.45) is 0 Å². The van der Waals surface area contributed by atoms with Crippen molar-refractivity contribution in [2.75, 3.05) is 32.7 Å². The minimum atomic E-state index is -0.0952. The molecule has 1 aliphatic rings. The molecule has 4 nitrogen and oxygen atoms in total. The lowest BCUT2D eigenvalue weighted by Gasteiger charge is -2.34. The summed E-state index contributed by atoms with van der Waals surface area (Å²) in [7, 11) is 0. The van der Waals surface area contributed by atoms with Crippen LogP contribution in [0, 0.1) is 5.82 Å². The zero-order chi connectivity index (χ0) is 16.1. The van der Waals surface area contributed by atoms with Gasteiger partial charge in [0, 0.05) is 70.2 Å². The Hall–Kier alpha value is -1.72. The molecule has 1 saturated heterocycles. The van der Waals surface area contributed by atoms with Gasteiger partial charge < -0.3 is 4.57 Å². The van der Waals surface area contributed by atoms with Gasteiger partial charge in [-0.3, -0.25) is 9.80 Å². The van der Waals surface area contributed by atoms with Crippen LogP contribution in [0.25, 0.3) is 0 Å². The number of aromatic nitrogens is 2. The van der Waals surface area contributed by atoms with Crippen LogP contribution >= 0.6 is 0 Å². The molecule has 1 aromatic carbocycles. The van der Waals surface area contributed by atoms with E-state index in [9.17, 15) is 4.39 Å². The van der Waals surface area contributed by atoms with Crippen LogP contribution in [0.5, 0.6) is 0 Å². The van der Waals surface area contributed by atoms with Crippen LogP contribution in [0.1, 0.15) is 18.3 Å². The number of nitrogens with zero attached hydrogens (tertiary/aromatic N) is 4. The van der Waals surface area contributed by atoms with Crippen molar-refractivity contribution in [2.45, 2.75) is 26.4 Å². The first-order valence-electron chi connectivity index (χ1n) is 8.44. The van der Waals surface area contributed by atoms with Gasteiger partial charge in [-0.15, -0.1) is 0 Å². The molecule has 2 heterocycles. The maximum atomic E-state index is 13.7. The van der Waals surface area contributed by atoms with Gasteiger partial charge in [-0.05, 0) is 6.07 Å². The molecule has 0 saturated carbocycles. The molecule has 1 aromatic heterocycles. The number of benzene rings is 1. The summed E-state index contributed by atoms with van der Waals surface area (Å²) >= 11 is 0. The third-order valence-electron chi connectivity index (χ3n) is 4.59. The summed E-state index contributed by atoms with van der Waals surface area (Å²) in [5, 5.41) is 0. The van der Waals surface area contributed by atoms with E-state index < -0.39 is 0 Å². The van der Waals surface area contributed by atoms with Crippen molar-refractivity contribution in [3.63, 3.8) is 0 Å². The summed E-state index contributed by atoms with van der Waals surface area (Å²) < 4.78 is 16.0. The monoisotopic (exact) mass is 316 g/mol. The van der Waals surface area contributed by atoms with E-state index in [1.165, 1.54) is 0 Å². The van der Waals surface area contributed by atoms with E-state index >= 15 is 0 Å². The molecule has 5 heteroatoms. The summed E-state index contributed by atoms with van der Waals surface area (Å²) in [5.41, 5.74) is 0.798. The molecule has 23 heavy (non-hydrogen) atoms. The first-order chi connectivity index (χ1) is 11.3. The zero-order valence-electron chi connectivity index (χ0n) is 13.8. The number of imidazole rings is 1. The molecular weight excluding hydrogens is 291 g/mol. The summed E-state index contributed by atoms with van der Waals surface area (Å²) in [6.45, 7) is 8.99. The first-order valence-corrected chi connectivity index (χ1v) is 8.44. The summed E-state index contributed by atoms with van der Waals surface area (Å²) in [5.74, 6) is 1.06.